The third-order valence-electron chi connectivity index (χ3n) is 3.81. The number of methoxy groups -OCH3 is 1. The van der Waals surface area contributed by atoms with E-state index in [0.717, 1.165) is 19.4 Å². The molecule has 0 saturated carbocycles. The Balaban J connectivity index is 0.00000242. The molecule has 1 fully saturated rings. The van der Waals surface area contributed by atoms with E-state index >= 15 is 0 Å². The van der Waals surface area contributed by atoms with E-state index in [4.69, 9.17) is 16.3 Å². The highest BCUT2D eigenvalue weighted by molar-refractivity contribution is 7.89. The maximum Gasteiger partial charge on any atom is 0.246 e. The quantitative estimate of drug-likeness (QED) is 0.866. The van der Waals surface area contributed by atoms with Crippen LogP contribution in [0, 0.1) is 5.92 Å². The minimum Gasteiger partial charge on any atom is -0.495 e. The summed E-state index contributed by atoms with van der Waals surface area (Å²) in [7, 11) is -0.186. The topological polar surface area (TPSA) is 58.6 Å². The summed E-state index contributed by atoms with van der Waals surface area (Å²) in [5, 5.41) is 3.53. The molecule has 1 aromatic rings. The Bertz CT molecular complexity index is 588. The average molecular weight is 369 g/mol. The highest BCUT2D eigenvalue weighted by Gasteiger charge is 2.31. The van der Waals surface area contributed by atoms with Crippen LogP contribution in [-0.4, -0.2) is 46.5 Å². The van der Waals surface area contributed by atoms with Crippen LogP contribution in [0.15, 0.2) is 23.1 Å². The number of hydrogen-bond donors (Lipinski definition) is 1. The van der Waals surface area contributed by atoms with Gasteiger partial charge < -0.3 is 10.1 Å². The lowest BCUT2D eigenvalue weighted by Gasteiger charge is -2.31. The summed E-state index contributed by atoms with van der Waals surface area (Å²) in [6.45, 7) is 1.99. The van der Waals surface area contributed by atoms with E-state index in [9.17, 15) is 8.42 Å². The Hall–Kier alpha value is -0.530. The fourth-order valence-electron chi connectivity index (χ4n) is 2.63. The van der Waals surface area contributed by atoms with Gasteiger partial charge in [-0.25, -0.2) is 8.42 Å². The first-order chi connectivity index (χ1) is 9.98. The normalized spacial score (nSPS) is 17.0. The fourth-order valence-corrected chi connectivity index (χ4v) is 4.52. The SMILES string of the molecule is CNCC1CCN(S(=O)(=O)c2cc(Cl)ccc2OC)CC1.Cl. The van der Waals surface area contributed by atoms with Gasteiger partial charge in [0.05, 0.1) is 7.11 Å². The van der Waals surface area contributed by atoms with E-state index in [1.54, 1.807) is 12.1 Å². The molecule has 0 bridgehead atoms. The molecule has 1 aliphatic rings. The highest BCUT2D eigenvalue weighted by Crippen LogP contribution is 2.31. The van der Waals surface area contributed by atoms with Crippen LogP contribution in [0.5, 0.6) is 5.75 Å². The molecule has 22 heavy (non-hydrogen) atoms. The predicted molar refractivity (Wildman–Crippen MR) is 90.7 cm³/mol. The van der Waals surface area contributed by atoms with E-state index < -0.39 is 10.0 Å². The molecule has 0 atom stereocenters. The third kappa shape index (κ3) is 4.26. The average Bonchev–Trinajstić information content (AvgIpc) is 2.48. The maximum atomic E-state index is 12.8. The van der Waals surface area contributed by atoms with Crippen LogP contribution >= 0.6 is 24.0 Å². The number of piperidine rings is 1. The lowest BCUT2D eigenvalue weighted by atomic mass is 9.98. The molecule has 1 heterocycles. The summed E-state index contributed by atoms with van der Waals surface area (Å²) in [6, 6.07) is 4.66. The summed E-state index contributed by atoms with van der Waals surface area (Å²) >= 11 is 5.94. The zero-order valence-electron chi connectivity index (χ0n) is 12.7. The van der Waals surface area contributed by atoms with Crippen molar-refractivity contribution < 1.29 is 13.2 Å². The molecule has 1 saturated heterocycles. The number of halogens is 2. The number of hydrogen-bond acceptors (Lipinski definition) is 4. The van der Waals surface area contributed by atoms with Gasteiger partial charge in [-0.05, 0) is 50.6 Å². The van der Waals surface area contributed by atoms with Gasteiger partial charge in [-0.1, -0.05) is 11.6 Å². The zero-order valence-corrected chi connectivity index (χ0v) is 15.1. The Kier molecular flexibility index (Phi) is 7.41. The van der Waals surface area contributed by atoms with Crippen LogP contribution in [0.4, 0.5) is 0 Å². The lowest BCUT2D eigenvalue weighted by molar-refractivity contribution is 0.270. The summed E-state index contributed by atoms with van der Waals surface area (Å²) in [5.74, 6) is 0.861. The Labute approximate surface area is 143 Å². The molecule has 0 aromatic heterocycles. The molecular weight excluding hydrogens is 347 g/mol. The molecule has 1 aliphatic heterocycles. The van der Waals surface area contributed by atoms with Crippen molar-refractivity contribution in [3.8, 4) is 5.75 Å². The lowest BCUT2D eigenvalue weighted by Crippen LogP contribution is -2.40. The van der Waals surface area contributed by atoms with Gasteiger partial charge in [-0.2, -0.15) is 4.31 Å². The molecule has 8 heteroatoms. The molecule has 126 valence electrons. The smallest absolute Gasteiger partial charge is 0.246 e. The molecule has 0 unspecified atom stereocenters. The fraction of sp³-hybridized carbons (Fsp3) is 0.571. The molecule has 0 amide bonds. The maximum absolute atomic E-state index is 12.8. The Morgan fingerprint density at radius 2 is 2.00 bits per heavy atom. The van der Waals surface area contributed by atoms with Crippen LogP contribution < -0.4 is 10.1 Å². The molecule has 2 rings (SSSR count). The van der Waals surface area contributed by atoms with Crippen LogP contribution in [0.1, 0.15) is 12.8 Å². The van der Waals surface area contributed by atoms with Crippen molar-refractivity contribution in [1.29, 1.82) is 0 Å². The summed E-state index contributed by atoms with van der Waals surface area (Å²) in [5.41, 5.74) is 0. The van der Waals surface area contributed by atoms with Crippen molar-refractivity contribution in [1.82, 2.24) is 9.62 Å². The van der Waals surface area contributed by atoms with Crippen LogP contribution in [0.25, 0.3) is 0 Å². The predicted octanol–water partition coefficient (Wildman–Crippen LogP) is 2.39. The number of sulfonamides is 1. The first-order valence-corrected chi connectivity index (χ1v) is 8.79. The van der Waals surface area contributed by atoms with Crippen molar-refractivity contribution >= 4 is 34.0 Å². The van der Waals surface area contributed by atoms with Crippen LogP contribution in [-0.2, 0) is 10.0 Å². The third-order valence-corrected chi connectivity index (χ3v) is 5.96. The largest absolute Gasteiger partial charge is 0.495 e. The van der Waals surface area contributed by atoms with Gasteiger partial charge >= 0.3 is 0 Å². The molecular formula is C14H22Cl2N2O3S. The number of rotatable bonds is 5. The number of benzene rings is 1. The molecule has 1 aromatic carbocycles. The standard InChI is InChI=1S/C14H21ClN2O3S.ClH/c1-16-10-11-5-7-17(8-6-11)21(18,19)14-9-12(15)3-4-13(14)20-2;/h3-4,9,11,16H,5-8,10H2,1-2H3;1H. The van der Waals surface area contributed by atoms with Crippen molar-refractivity contribution in [3.63, 3.8) is 0 Å². The summed E-state index contributed by atoms with van der Waals surface area (Å²) in [4.78, 5) is 0.143. The minimum absolute atomic E-state index is 0. The molecule has 1 N–H and O–H groups in total. The number of nitrogens with zero attached hydrogens (tertiary/aromatic N) is 1. The molecule has 0 radical (unpaired) electrons. The van der Waals surface area contributed by atoms with Gasteiger partial charge in [0.25, 0.3) is 0 Å². The Morgan fingerprint density at radius 3 is 2.55 bits per heavy atom. The van der Waals surface area contributed by atoms with E-state index in [1.165, 1.54) is 17.5 Å². The van der Waals surface area contributed by atoms with Crippen molar-refractivity contribution in [3.05, 3.63) is 23.2 Å². The molecule has 5 nitrogen and oxygen atoms in total. The van der Waals surface area contributed by atoms with E-state index in [2.05, 4.69) is 5.32 Å². The van der Waals surface area contributed by atoms with Crippen LogP contribution in [0.3, 0.4) is 0 Å². The minimum atomic E-state index is -3.56. The highest BCUT2D eigenvalue weighted by atomic mass is 35.5. The van der Waals surface area contributed by atoms with Gasteiger partial charge in [-0.15, -0.1) is 12.4 Å². The summed E-state index contributed by atoms with van der Waals surface area (Å²) < 4.78 is 32.2. The van der Waals surface area contributed by atoms with Gasteiger partial charge in [-0.3, -0.25) is 0 Å². The second kappa shape index (κ2) is 8.36. The van der Waals surface area contributed by atoms with Crippen molar-refractivity contribution in [2.24, 2.45) is 5.92 Å². The number of ether oxygens (including phenoxy) is 1. The molecule has 0 spiro atoms. The first kappa shape index (κ1) is 19.5. The summed E-state index contributed by atoms with van der Waals surface area (Å²) in [6.07, 6.45) is 1.73. The van der Waals surface area contributed by atoms with E-state index in [0.29, 0.717) is 29.8 Å². The van der Waals surface area contributed by atoms with Crippen molar-refractivity contribution in [2.45, 2.75) is 17.7 Å². The van der Waals surface area contributed by atoms with E-state index in [-0.39, 0.29) is 17.3 Å². The van der Waals surface area contributed by atoms with E-state index in [1.807, 2.05) is 7.05 Å². The van der Waals surface area contributed by atoms with Gasteiger partial charge in [0.2, 0.25) is 10.0 Å². The zero-order chi connectivity index (χ0) is 15.5. The number of nitrogens with one attached hydrogen (secondary N) is 1. The Morgan fingerprint density at radius 1 is 1.36 bits per heavy atom. The van der Waals surface area contributed by atoms with Crippen LogP contribution in [0.2, 0.25) is 5.02 Å². The van der Waals surface area contributed by atoms with Crippen molar-refractivity contribution in [2.75, 3.05) is 33.8 Å². The van der Waals surface area contributed by atoms with Gasteiger partial charge in [0.1, 0.15) is 10.6 Å². The second-order valence-electron chi connectivity index (χ2n) is 5.20. The van der Waals surface area contributed by atoms with Gasteiger partial charge in [0, 0.05) is 18.1 Å². The molecule has 0 aliphatic carbocycles. The van der Waals surface area contributed by atoms with Gasteiger partial charge in [0.15, 0.2) is 0 Å². The monoisotopic (exact) mass is 368 g/mol. The second-order valence-corrected chi connectivity index (χ2v) is 7.54. The first-order valence-electron chi connectivity index (χ1n) is 6.97.